The van der Waals surface area contributed by atoms with Crippen molar-refractivity contribution >= 4 is 28.3 Å². The van der Waals surface area contributed by atoms with E-state index in [1.165, 1.54) is 0 Å². The van der Waals surface area contributed by atoms with Crippen LogP contribution in [0, 0.1) is 18.3 Å². The summed E-state index contributed by atoms with van der Waals surface area (Å²) < 4.78 is 2.17. The largest absolute Gasteiger partial charge is 0.382 e. The van der Waals surface area contributed by atoms with Gasteiger partial charge in [-0.1, -0.05) is 23.7 Å². The summed E-state index contributed by atoms with van der Waals surface area (Å²) in [7, 11) is 0. The topological polar surface area (TPSA) is 53.6 Å². The zero-order valence-electron chi connectivity index (χ0n) is 12.2. The van der Waals surface area contributed by atoms with Crippen LogP contribution in [-0.2, 0) is 6.54 Å². The van der Waals surface area contributed by atoms with Crippen molar-refractivity contribution in [3.8, 4) is 6.07 Å². The van der Waals surface area contributed by atoms with Gasteiger partial charge in [-0.15, -0.1) is 0 Å². The van der Waals surface area contributed by atoms with Gasteiger partial charge in [0.25, 0.3) is 0 Å². The van der Waals surface area contributed by atoms with E-state index in [1.54, 1.807) is 12.1 Å². The van der Waals surface area contributed by atoms with E-state index >= 15 is 0 Å². The first kappa shape index (κ1) is 14.4. The average molecular weight is 311 g/mol. The summed E-state index contributed by atoms with van der Waals surface area (Å²) in [5.74, 6) is 0.986. The summed E-state index contributed by atoms with van der Waals surface area (Å²) >= 11 is 5.91. The third-order valence-electron chi connectivity index (χ3n) is 3.60. The quantitative estimate of drug-likeness (QED) is 0.793. The minimum atomic E-state index is 0.555. The standard InChI is InChI=1S/C17H15ClN4/c1-12-21-16-4-2-3-5-17(16)22(12)9-8-20-15-7-6-14(18)10-13(15)11-19/h2-7,10,20H,8-9H2,1H3. The molecular weight excluding hydrogens is 296 g/mol. The molecule has 3 rings (SSSR count). The molecule has 0 aliphatic carbocycles. The van der Waals surface area contributed by atoms with Crippen LogP contribution >= 0.6 is 11.6 Å². The minimum absolute atomic E-state index is 0.555. The monoisotopic (exact) mass is 310 g/mol. The maximum atomic E-state index is 9.15. The van der Waals surface area contributed by atoms with Crippen molar-refractivity contribution in [3.63, 3.8) is 0 Å². The highest BCUT2D eigenvalue weighted by atomic mass is 35.5. The Hall–Kier alpha value is -2.51. The van der Waals surface area contributed by atoms with E-state index in [0.29, 0.717) is 17.1 Å². The molecule has 1 heterocycles. The molecule has 0 atom stereocenters. The van der Waals surface area contributed by atoms with Crippen LogP contribution in [0.1, 0.15) is 11.4 Å². The maximum Gasteiger partial charge on any atom is 0.106 e. The Balaban J connectivity index is 1.76. The van der Waals surface area contributed by atoms with Crippen LogP contribution in [0.5, 0.6) is 0 Å². The van der Waals surface area contributed by atoms with Crippen LogP contribution in [-0.4, -0.2) is 16.1 Å². The Labute approximate surface area is 134 Å². The van der Waals surface area contributed by atoms with Crippen LogP contribution < -0.4 is 5.32 Å². The lowest BCUT2D eigenvalue weighted by Gasteiger charge is -2.11. The molecule has 0 spiro atoms. The fraction of sp³-hybridized carbons (Fsp3) is 0.176. The molecule has 0 bridgehead atoms. The Morgan fingerprint density at radius 2 is 2.09 bits per heavy atom. The van der Waals surface area contributed by atoms with E-state index in [0.717, 1.165) is 29.1 Å². The van der Waals surface area contributed by atoms with E-state index in [1.807, 2.05) is 31.2 Å². The number of nitriles is 1. The van der Waals surface area contributed by atoms with E-state index in [9.17, 15) is 0 Å². The van der Waals surface area contributed by atoms with Crippen molar-refractivity contribution in [1.29, 1.82) is 5.26 Å². The second kappa shape index (κ2) is 6.08. The summed E-state index contributed by atoms with van der Waals surface area (Å²) in [4.78, 5) is 4.55. The lowest BCUT2D eigenvalue weighted by molar-refractivity contribution is 0.721. The Bertz CT molecular complexity index is 861. The van der Waals surface area contributed by atoms with Crippen LogP contribution in [0.3, 0.4) is 0 Å². The highest BCUT2D eigenvalue weighted by molar-refractivity contribution is 6.30. The van der Waals surface area contributed by atoms with Crippen molar-refractivity contribution in [3.05, 3.63) is 58.9 Å². The second-order valence-corrected chi connectivity index (χ2v) is 5.46. The normalized spacial score (nSPS) is 10.6. The fourth-order valence-corrected chi connectivity index (χ4v) is 2.72. The van der Waals surface area contributed by atoms with Gasteiger partial charge in [0.1, 0.15) is 11.9 Å². The number of para-hydroxylation sites is 2. The molecule has 4 nitrogen and oxygen atoms in total. The van der Waals surface area contributed by atoms with Crippen molar-refractivity contribution in [1.82, 2.24) is 9.55 Å². The fourth-order valence-electron chi connectivity index (χ4n) is 2.54. The number of fused-ring (bicyclic) bond motifs is 1. The van der Waals surface area contributed by atoms with Gasteiger partial charge < -0.3 is 9.88 Å². The summed E-state index contributed by atoms with van der Waals surface area (Å²) in [6, 6.07) is 15.5. The van der Waals surface area contributed by atoms with E-state index in [2.05, 4.69) is 27.0 Å². The number of aryl methyl sites for hydroxylation is 1. The second-order valence-electron chi connectivity index (χ2n) is 5.03. The first-order valence-electron chi connectivity index (χ1n) is 7.04. The van der Waals surface area contributed by atoms with Crippen molar-refractivity contribution in [2.24, 2.45) is 0 Å². The highest BCUT2D eigenvalue weighted by Gasteiger charge is 2.07. The first-order chi connectivity index (χ1) is 10.7. The van der Waals surface area contributed by atoms with Crippen LogP contribution in [0.25, 0.3) is 11.0 Å². The Morgan fingerprint density at radius 3 is 2.91 bits per heavy atom. The van der Waals surface area contributed by atoms with Gasteiger partial charge in [-0.25, -0.2) is 4.98 Å². The van der Waals surface area contributed by atoms with Crippen LogP contribution in [0.2, 0.25) is 5.02 Å². The number of benzene rings is 2. The van der Waals surface area contributed by atoms with Gasteiger partial charge in [0.05, 0.1) is 22.3 Å². The van der Waals surface area contributed by atoms with Gasteiger partial charge in [-0.05, 0) is 37.3 Å². The van der Waals surface area contributed by atoms with Crippen molar-refractivity contribution < 1.29 is 0 Å². The average Bonchev–Trinajstić information content (AvgIpc) is 2.84. The molecule has 5 heteroatoms. The summed E-state index contributed by atoms with van der Waals surface area (Å²) in [5.41, 5.74) is 3.48. The molecule has 0 saturated heterocycles. The molecule has 110 valence electrons. The van der Waals surface area contributed by atoms with Gasteiger partial charge in [-0.2, -0.15) is 5.26 Å². The predicted molar refractivity (Wildman–Crippen MR) is 89.1 cm³/mol. The maximum absolute atomic E-state index is 9.15. The number of nitrogens with zero attached hydrogens (tertiary/aromatic N) is 3. The minimum Gasteiger partial charge on any atom is -0.382 e. The van der Waals surface area contributed by atoms with E-state index < -0.39 is 0 Å². The molecule has 0 saturated carbocycles. The molecule has 2 aromatic carbocycles. The number of imidazole rings is 1. The lowest BCUT2D eigenvalue weighted by Crippen LogP contribution is -2.12. The molecule has 1 aromatic heterocycles. The van der Waals surface area contributed by atoms with Crippen LogP contribution in [0.4, 0.5) is 5.69 Å². The van der Waals surface area contributed by atoms with Crippen molar-refractivity contribution in [2.45, 2.75) is 13.5 Å². The number of hydrogen-bond donors (Lipinski definition) is 1. The van der Waals surface area contributed by atoms with Gasteiger partial charge in [0.2, 0.25) is 0 Å². The smallest absolute Gasteiger partial charge is 0.106 e. The van der Waals surface area contributed by atoms with Gasteiger partial charge >= 0.3 is 0 Å². The third kappa shape index (κ3) is 2.76. The molecule has 0 amide bonds. The summed E-state index contributed by atoms with van der Waals surface area (Å²) in [6.07, 6.45) is 0. The summed E-state index contributed by atoms with van der Waals surface area (Å²) in [5, 5.41) is 13.0. The molecule has 0 unspecified atom stereocenters. The lowest BCUT2D eigenvalue weighted by atomic mass is 10.2. The molecular formula is C17H15ClN4. The molecule has 0 radical (unpaired) electrons. The number of anilines is 1. The first-order valence-corrected chi connectivity index (χ1v) is 7.42. The molecule has 3 aromatic rings. The Morgan fingerprint density at radius 1 is 1.27 bits per heavy atom. The number of rotatable bonds is 4. The zero-order valence-corrected chi connectivity index (χ0v) is 12.9. The third-order valence-corrected chi connectivity index (χ3v) is 3.83. The number of hydrogen-bond acceptors (Lipinski definition) is 3. The van der Waals surface area contributed by atoms with E-state index in [-0.39, 0.29) is 0 Å². The van der Waals surface area contributed by atoms with Gasteiger partial charge in [0.15, 0.2) is 0 Å². The molecule has 22 heavy (non-hydrogen) atoms. The highest BCUT2D eigenvalue weighted by Crippen LogP contribution is 2.20. The number of halogens is 1. The SMILES string of the molecule is Cc1nc2ccccc2n1CCNc1ccc(Cl)cc1C#N. The van der Waals surface area contributed by atoms with E-state index in [4.69, 9.17) is 16.9 Å². The molecule has 0 fully saturated rings. The Kier molecular flexibility index (Phi) is 3.99. The number of nitrogens with one attached hydrogen (secondary N) is 1. The zero-order chi connectivity index (χ0) is 15.5. The summed E-state index contributed by atoms with van der Waals surface area (Å²) in [6.45, 7) is 3.49. The molecule has 0 aliphatic rings. The van der Waals surface area contributed by atoms with Crippen molar-refractivity contribution in [2.75, 3.05) is 11.9 Å². The number of aromatic nitrogens is 2. The van der Waals surface area contributed by atoms with Crippen LogP contribution in [0.15, 0.2) is 42.5 Å². The van der Waals surface area contributed by atoms with Gasteiger partial charge in [-0.3, -0.25) is 0 Å². The molecule has 1 N–H and O–H groups in total. The predicted octanol–water partition coefficient (Wildman–Crippen LogP) is 3.98. The van der Waals surface area contributed by atoms with Gasteiger partial charge in [0, 0.05) is 18.1 Å². The molecule has 0 aliphatic heterocycles.